The number of aromatic nitrogens is 4. The summed E-state index contributed by atoms with van der Waals surface area (Å²) in [5.41, 5.74) is 0.763. The van der Waals surface area contributed by atoms with E-state index in [2.05, 4.69) is 19.9 Å². The third kappa shape index (κ3) is 4.06. The molecule has 3 rings (SSSR count). The molecule has 1 amide bonds. The lowest BCUT2D eigenvalue weighted by molar-refractivity contribution is 0.0593. The smallest absolute Gasteiger partial charge is 0.264 e. The Hall–Kier alpha value is -3.39. The van der Waals surface area contributed by atoms with Crippen molar-refractivity contribution in [1.29, 1.82) is 0 Å². The van der Waals surface area contributed by atoms with Gasteiger partial charge >= 0.3 is 0 Å². The second-order valence-corrected chi connectivity index (χ2v) is 5.86. The average molecular weight is 365 g/mol. The molecular formula is C19H19N5O3. The molecule has 0 bridgehead atoms. The highest BCUT2D eigenvalue weighted by Crippen LogP contribution is 2.19. The highest BCUT2D eigenvalue weighted by molar-refractivity contribution is 5.93. The molecule has 1 unspecified atom stereocenters. The zero-order valence-electron chi connectivity index (χ0n) is 15.0. The van der Waals surface area contributed by atoms with E-state index < -0.39 is 17.5 Å². The second kappa shape index (κ2) is 8.33. The maximum Gasteiger partial charge on any atom is 0.264 e. The van der Waals surface area contributed by atoms with Gasteiger partial charge in [0.1, 0.15) is 11.4 Å². The van der Waals surface area contributed by atoms with Crippen molar-refractivity contribution in [3.63, 3.8) is 0 Å². The van der Waals surface area contributed by atoms with Crippen molar-refractivity contribution in [2.45, 2.75) is 6.04 Å². The monoisotopic (exact) mass is 365 g/mol. The number of carbonyl (C=O) groups is 1. The lowest BCUT2D eigenvalue weighted by atomic mass is 10.1. The van der Waals surface area contributed by atoms with Crippen LogP contribution < -0.4 is 5.56 Å². The Bertz CT molecular complexity index is 960. The Morgan fingerprint density at radius 3 is 2.67 bits per heavy atom. The minimum absolute atomic E-state index is 0.0535. The summed E-state index contributed by atoms with van der Waals surface area (Å²) in [6.45, 7) is 0.248. The van der Waals surface area contributed by atoms with Gasteiger partial charge in [-0.1, -0.05) is 6.07 Å². The van der Waals surface area contributed by atoms with Crippen molar-refractivity contribution < 1.29 is 9.53 Å². The third-order valence-electron chi connectivity index (χ3n) is 4.11. The topological polar surface area (TPSA) is 101 Å². The van der Waals surface area contributed by atoms with E-state index in [1.54, 1.807) is 57.0 Å². The van der Waals surface area contributed by atoms with Gasteiger partial charge in [-0.2, -0.15) is 0 Å². The summed E-state index contributed by atoms with van der Waals surface area (Å²) in [6, 6.07) is 8.52. The number of H-pyrrole nitrogens is 1. The molecule has 3 aromatic heterocycles. The number of aromatic amines is 1. The van der Waals surface area contributed by atoms with Crippen LogP contribution in [0.1, 0.15) is 22.1 Å². The van der Waals surface area contributed by atoms with Gasteiger partial charge in [-0.05, 0) is 24.3 Å². The number of hydrogen-bond donors (Lipinski definition) is 1. The van der Waals surface area contributed by atoms with E-state index in [-0.39, 0.29) is 12.2 Å². The van der Waals surface area contributed by atoms with Gasteiger partial charge < -0.3 is 14.6 Å². The lowest BCUT2D eigenvalue weighted by Gasteiger charge is -2.27. The summed E-state index contributed by atoms with van der Waals surface area (Å²) < 4.78 is 5.23. The zero-order valence-corrected chi connectivity index (χ0v) is 15.0. The first-order valence-electron chi connectivity index (χ1n) is 8.28. The molecule has 8 nitrogen and oxygen atoms in total. The van der Waals surface area contributed by atoms with Crippen molar-refractivity contribution in [3.8, 4) is 11.4 Å². The van der Waals surface area contributed by atoms with Crippen LogP contribution in [0, 0.1) is 0 Å². The quantitative estimate of drug-likeness (QED) is 0.713. The van der Waals surface area contributed by atoms with E-state index in [1.807, 2.05) is 6.07 Å². The standard InChI is InChI=1S/C19H19N5O3/c1-24(16(12-27-2)15-7-3-4-9-21-15)19(26)14-11-22-17(23-18(14)25)13-6-5-8-20-10-13/h3-11,16H,12H2,1-2H3,(H,22,23,25). The number of amides is 1. The molecular weight excluding hydrogens is 346 g/mol. The molecule has 1 N–H and O–H groups in total. The Labute approximate surface area is 155 Å². The van der Waals surface area contributed by atoms with Crippen LogP contribution in [-0.4, -0.2) is 51.5 Å². The van der Waals surface area contributed by atoms with E-state index in [1.165, 1.54) is 11.1 Å². The number of carbonyl (C=O) groups excluding carboxylic acids is 1. The predicted molar refractivity (Wildman–Crippen MR) is 99.0 cm³/mol. The molecule has 0 saturated heterocycles. The summed E-state index contributed by atoms with van der Waals surface area (Å²) in [7, 11) is 3.15. The van der Waals surface area contributed by atoms with Crippen molar-refractivity contribution >= 4 is 5.91 Å². The van der Waals surface area contributed by atoms with Crippen LogP contribution >= 0.6 is 0 Å². The van der Waals surface area contributed by atoms with E-state index in [4.69, 9.17) is 4.74 Å². The number of nitrogens with zero attached hydrogens (tertiary/aromatic N) is 4. The lowest BCUT2D eigenvalue weighted by Crippen LogP contribution is -2.37. The van der Waals surface area contributed by atoms with Crippen LogP contribution in [0.3, 0.4) is 0 Å². The van der Waals surface area contributed by atoms with Crippen LogP contribution in [0.15, 0.2) is 59.9 Å². The molecule has 138 valence electrons. The number of hydrogen-bond acceptors (Lipinski definition) is 6. The molecule has 0 radical (unpaired) electrons. The maximum absolute atomic E-state index is 12.9. The molecule has 0 aliphatic heterocycles. The van der Waals surface area contributed by atoms with Gasteiger partial charge in [0.15, 0.2) is 0 Å². The van der Waals surface area contributed by atoms with Gasteiger partial charge in [-0.25, -0.2) is 4.98 Å². The Morgan fingerprint density at radius 1 is 1.19 bits per heavy atom. The van der Waals surface area contributed by atoms with Gasteiger partial charge in [-0.15, -0.1) is 0 Å². The molecule has 0 aliphatic carbocycles. The van der Waals surface area contributed by atoms with Gasteiger partial charge in [0.2, 0.25) is 0 Å². The highest BCUT2D eigenvalue weighted by atomic mass is 16.5. The second-order valence-electron chi connectivity index (χ2n) is 5.86. The molecule has 0 aromatic carbocycles. The summed E-state index contributed by atoms with van der Waals surface area (Å²) >= 11 is 0. The van der Waals surface area contributed by atoms with E-state index in [9.17, 15) is 9.59 Å². The minimum atomic E-state index is -0.516. The first-order chi connectivity index (χ1) is 13.1. The molecule has 27 heavy (non-hydrogen) atoms. The van der Waals surface area contributed by atoms with E-state index in [0.717, 1.165) is 0 Å². The first kappa shape index (κ1) is 18.4. The number of rotatable bonds is 6. The SMILES string of the molecule is COCC(c1ccccn1)N(C)C(=O)c1cnc(-c2cccnc2)[nH]c1=O. The van der Waals surface area contributed by atoms with Crippen molar-refractivity contribution in [3.05, 3.63) is 76.7 Å². The zero-order chi connectivity index (χ0) is 19.2. The van der Waals surface area contributed by atoms with Gasteiger partial charge in [-0.3, -0.25) is 19.6 Å². The summed E-state index contributed by atoms with van der Waals surface area (Å²) in [6.07, 6.45) is 6.14. The number of nitrogens with one attached hydrogen (secondary N) is 1. The van der Waals surface area contributed by atoms with Gasteiger partial charge in [0.25, 0.3) is 11.5 Å². The largest absolute Gasteiger partial charge is 0.382 e. The Balaban J connectivity index is 1.89. The number of likely N-dealkylation sites (N-methyl/N-ethyl adjacent to an activating group) is 1. The van der Waals surface area contributed by atoms with Crippen LogP contribution in [0.25, 0.3) is 11.4 Å². The third-order valence-corrected chi connectivity index (χ3v) is 4.11. The summed E-state index contributed by atoms with van der Waals surface area (Å²) in [4.78, 5) is 41.9. The normalized spacial score (nSPS) is 11.8. The number of pyridine rings is 2. The van der Waals surface area contributed by atoms with Gasteiger partial charge in [0.05, 0.1) is 18.3 Å². The molecule has 0 fully saturated rings. The summed E-state index contributed by atoms with van der Waals surface area (Å²) in [5, 5.41) is 0. The summed E-state index contributed by atoms with van der Waals surface area (Å²) in [5.74, 6) is -0.111. The van der Waals surface area contributed by atoms with Crippen LogP contribution in [0.4, 0.5) is 0 Å². The van der Waals surface area contributed by atoms with Crippen molar-refractivity contribution in [2.75, 3.05) is 20.8 Å². The highest BCUT2D eigenvalue weighted by Gasteiger charge is 2.26. The van der Waals surface area contributed by atoms with Gasteiger partial charge in [0, 0.05) is 44.5 Å². The Morgan fingerprint density at radius 2 is 2.04 bits per heavy atom. The van der Waals surface area contributed by atoms with E-state index in [0.29, 0.717) is 17.1 Å². The maximum atomic E-state index is 12.9. The molecule has 0 aliphatic rings. The van der Waals surface area contributed by atoms with E-state index >= 15 is 0 Å². The fourth-order valence-corrected chi connectivity index (χ4v) is 2.65. The molecule has 8 heteroatoms. The van der Waals surface area contributed by atoms with Crippen molar-refractivity contribution in [2.24, 2.45) is 0 Å². The van der Waals surface area contributed by atoms with Crippen LogP contribution in [0.5, 0.6) is 0 Å². The average Bonchev–Trinajstić information content (AvgIpc) is 2.72. The Kier molecular flexibility index (Phi) is 5.68. The number of methoxy groups -OCH3 is 1. The molecule has 0 saturated carbocycles. The van der Waals surface area contributed by atoms with Crippen LogP contribution in [-0.2, 0) is 4.74 Å². The fourth-order valence-electron chi connectivity index (χ4n) is 2.65. The fraction of sp³-hybridized carbons (Fsp3) is 0.211. The van der Waals surface area contributed by atoms with Crippen molar-refractivity contribution in [1.82, 2.24) is 24.8 Å². The first-order valence-corrected chi connectivity index (χ1v) is 8.28. The van der Waals surface area contributed by atoms with Crippen LogP contribution in [0.2, 0.25) is 0 Å². The number of ether oxygens (including phenoxy) is 1. The molecule has 0 spiro atoms. The molecule has 1 atom stereocenters. The predicted octanol–water partition coefficient (Wildman–Crippen LogP) is 1.69. The minimum Gasteiger partial charge on any atom is -0.382 e. The molecule has 3 heterocycles. The molecule has 3 aromatic rings.